The Morgan fingerprint density at radius 3 is 2.76 bits per heavy atom. The van der Waals surface area contributed by atoms with Gasteiger partial charge in [-0.25, -0.2) is 0 Å². The van der Waals surface area contributed by atoms with Gasteiger partial charge in [0.05, 0.1) is 6.04 Å². The number of likely N-dealkylation sites (N-methyl/N-ethyl adjacent to an activating group) is 1. The molecule has 4 nitrogen and oxygen atoms in total. The molecule has 0 fully saturated rings. The lowest BCUT2D eigenvalue weighted by atomic mass is 10.1. The summed E-state index contributed by atoms with van der Waals surface area (Å²) in [7, 11) is 3.67. The van der Waals surface area contributed by atoms with Crippen molar-refractivity contribution in [3.8, 4) is 0 Å². The highest BCUT2D eigenvalue weighted by atomic mass is 16.5. The Hall–Kier alpha value is -1.39. The van der Waals surface area contributed by atoms with Crippen LogP contribution in [-0.2, 0) is 16.0 Å². The van der Waals surface area contributed by atoms with Gasteiger partial charge in [0.15, 0.2) is 0 Å². The number of amides is 1. The molecule has 0 aromatic heterocycles. The molecule has 1 aromatic rings. The van der Waals surface area contributed by atoms with Crippen molar-refractivity contribution in [1.29, 1.82) is 0 Å². The predicted molar refractivity (Wildman–Crippen MR) is 86.5 cm³/mol. The Morgan fingerprint density at radius 1 is 1.38 bits per heavy atom. The van der Waals surface area contributed by atoms with Crippen LogP contribution in [0.5, 0.6) is 0 Å². The fourth-order valence-electron chi connectivity index (χ4n) is 2.21. The molecule has 0 bridgehead atoms. The van der Waals surface area contributed by atoms with Crippen LogP contribution in [0.2, 0.25) is 0 Å². The number of nitrogens with zero attached hydrogens (tertiary/aromatic N) is 1. The van der Waals surface area contributed by atoms with Gasteiger partial charge in [-0.15, -0.1) is 0 Å². The van der Waals surface area contributed by atoms with Gasteiger partial charge in [0.1, 0.15) is 0 Å². The maximum absolute atomic E-state index is 12.1. The molecule has 1 N–H and O–H groups in total. The minimum Gasteiger partial charge on any atom is -0.385 e. The van der Waals surface area contributed by atoms with Gasteiger partial charge in [0, 0.05) is 26.8 Å². The summed E-state index contributed by atoms with van der Waals surface area (Å²) >= 11 is 0. The molecule has 1 amide bonds. The topological polar surface area (TPSA) is 41.6 Å². The summed E-state index contributed by atoms with van der Waals surface area (Å²) in [4.78, 5) is 14.2. The zero-order valence-corrected chi connectivity index (χ0v) is 13.7. The average Bonchev–Trinajstić information content (AvgIpc) is 2.48. The fraction of sp³-hybridized carbons (Fsp3) is 0.588. The minimum atomic E-state index is -0.112. The Balaban J connectivity index is 2.31. The van der Waals surface area contributed by atoms with E-state index in [9.17, 15) is 4.79 Å². The van der Waals surface area contributed by atoms with Gasteiger partial charge in [-0.3, -0.25) is 9.69 Å². The third-order valence-corrected chi connectivity index (χ3v) is 3.85. The molecule has 0 spiro atoms. The van der Waals surface area contributed by atoms with Crippen molar-refractivity contribution in [2.24, 2.45) is 0 Å². The number of carbonyl (C=O) groups is 1. The average molecular weight is 292 g/mol. The molecule has 1 aromatic carbocycles. The van der Waals surface area contributed by atoms with Crippen LogP contribution in [0.4, 0.5) is 0 Å². The molecule has 0 radical (unpaired) electrons. The number of methoxy groups -OCH3 is 1. The number of nitrogens with one attached hydrogen (secondary N) is 1. The predicted octanol–water partition coefficient (Wildman–Crippen LogP) is 2.01. The van der Waals surface area contributed by atoms with E-state index in [0.717, 1.165) is 26.0 Å². The van der Waals surface area contributed by atoms with Crippen molar-refractivity contribution >= 4 is 5.91 Å². The Morgan fingerprint density at radius 2 is 2.10 bits per heavy atom. The first-order chi connectivity index (χ1) is 10.1. The van der Waals surface area contributed by atoms with E-state index >= 15 is 0 Å². The first kappa shape index (κ1) is 17.7. The third kappa shape index (κ3) is 6.27. The summed E-state index contributed by atoms with van der Waals surface area (Å²) in [5, 5.41) is 3.02. The summed E-state index contributed by atoms with van der Waals surface area (Å²) in [6.07, 6.45) is 1.81. The Labute approximate surface area is 128 Å². The van der Waals surface area contributed by atoms with E-state index in [1.165, 1.54) is 11.1 Å². The van der Waals surface area contributed by atoms with Crippen molar-refractivity contribution in [2.75, 3.05) is 33.9 Å². The standard InChI is InChI=1S/C17H28N2O2/c1-14-8-5-6-9-16(14)10-11-18-17(20)15(2)19(3)12-7-13-21-4/h5-6,8-9,15H,7,10-13H2,1-4H3,(H,18,20). The maximum atomic E-state index is 12.1. The highest BCUT2D eigenvalue weighted by Crippen LogP contribution is 2.07. The molecule has 1 rings (SSSR count). The van der Waals surface area contributed by atoms with Crippen LogP contribution in [0.3, 0.4) is 0 Å². The van der Waals surface area contributed by atoms with Gasteiger partial charge in [-0.2, -0.15) is 0 Å². The monoisotopic (exact) mass is 292 g/mol. The largest absolute Gasteiger partial charge is 0.385 e. The van der Waals surface area contributed by atoms with Crippen LogP contribution in [-0.4, -0.2) is 50.7 Å². The van der Waals surface area contributed by atoms with Crippen LogP contribution in [0.15, 0.2) is 24.3 Å². The van der Waals surface area contributed by atoms with Crippen molar-refractivity contribution in [3.63, 3.8) is 0 Å². The van der Waals surface area contributed by atoms with Gasteiger partial charge in [0.2, 0.25) is 5.91 Å². The molecule has 21 heavy (non-hydrogen) atoms. The van der Waals surface area contributed by atoms with Crippen molar-refractivity contribution in [3.05, 3.63) is 35.4 Å². The molecule has 0 aliphatic rings. The molecule has 0 saturated carbocycles. The third-order valence-electron chi connectivity index (χ3n) is 3.85. The highest BCUT2D eigenvalue weighted by molar-refractivity contribution is 5.81. The number of ether oxygens (including phenoxy) is 1. The normalized spacial score (nSPS) is 12.4. The SMILES string of the molecule is COCCCN(C)C(C)C(=O)NCCc1ccccc1C. The van der Waals surface area contributed by atoms with Crippen LogP contribution in [0.25, 0.3) is 0 Å². The molecule has 1 unspecified atom stereocenters. The van der Waals surface area contributed by atoms with Gasteiger partial charge >= 0.3 is 0 Å². The zero-order valence-electron chi connectivity index (χ0n) is 13.7. The molecule has 118 valence electrons. The fourth-order valence-corrected chi connectivity index (χ4v) is 2.21. The van der Waals surface area contributed by atoms with Crippen molar-refractivity contribution < 1.29 is 9.53 Å². The van der Waals surface area contributed by atoms with E-state index in [4.69, 9.17) is 4.74 Å². The minimum absolute atomic E-state index is 0.0866. The first-order valence-electron chi connectivity index (χ1n) is 7.57. The van der Waals surface area contributed by atoms with E-state index < -0.39 is 0 Å². The molecule has 1 atom stereocenters. The van der Waals surface area contributed by atoms with E-state index in [0.29, 0.717) is 6.54 Å². The van der Waals surface area contributed by atoms with Crippen LogP contribution >= 0.6 is 0 Å². The van der Waals surface area contributed by atoms with Gasteiger partial charge in [-0.05, 0) is 44.9 Å². The smallest absolute Gasteiger partial charge is 0.237 e. The number of aryl methyl sites for hydroxylation is 1. The van der Waals surface area contributed by atoms with Crippen LogP contribution in [0, 0.1) is 6.92 Å². The quantitative estimate of drug-likeness (QED) is 0.708. The molecule has 0 heterocycles. The van der Waals surface area contributed by atoms with E-state index in [-0.39, 0.29) is 11.9 Å². The molecule has 0 aliphatic carbocycles. The van der Waals surface area contributed by atoms with Crippen molar-refractivity contribution in [1.82, 2.24) is 10.2 Å². The molecule has 0 aliphatic heterocycles. The lowest BCUT2D eigenvalue weighted by Gasteiger charge is -2.23. The summed E-state index contributed by atoms with van der Waals surface area (Å²) in [5.74, 6) is 0.0866. The number of benzene rings is 1. The second-order valence-electron chi connectivity index (χ2n) is 5.47. The summed E-state index contributed by atoms with van der Waals surface area (Å²) < 4.78 is 5.03. The van der Waals surface area contributed by atoms with E-state index in [2.05, 4.69) is 29.3 Å². The second-order valence-corrected chi connectivity index (χ2v) is 5.47. The molecule has 0 saturated heterocycles. The zero-order chi connectivity index (χ0) is 15.7. The summed E-state index contributed by atoms with van der Waals surface area (Å²) in [6.45, 7) is 6.31. The van der Waals surface area contributed by atoms with E-state index in [1.54, 1.807) is 7.11 Å². The lowest BCUT2D eigenvalue weighted by molar-refractivity contribution is -0.125. The van der Waals surface area contributed by atoms with E-state index in [1.807, 2.05) is 26.1 Å². The highest BCUT2D eigenvalue weighted by Gasteiger charge is 2.16. The lowest BCUT2D eigenvalue weighted by Crippen LogP contribution is -2.44. The molecular formula is C17H28N2O2. The molecule has 4 heteroatoms. The number of carbonyl (C=O) groups excluding carboxylic acids is 1. The Bertz CT molecular complexity index is 435. The summed E-state index contributed by atoms with van der Waals surface area (Å²) in [5.41, 5.74) is 2.57. The van der Waals surface area contributed by atoms with Gasteiger partial charge < -0.3 is 10.1 Å². The van der Waals surface area contributed by atoms with Crippen molar-refractivity contribution in [2.45, 2.75) is 32.7 Å². The first-order valence-corrected chi connectivity index (χ1v) is 7.57. The Kier molecular flexibility index (Phi) is 8.01. The van der Waals surface area contributed by atoms with Gasteiger partial charge in [0.25, 0.3) is 0 Å². The number of hydrogen-bond acceptors (Lipinski definition) is 3. The molecular weight excluding hydrogens is 264 g/mol. The summed E-state index contributed by atoms with van der Waals surface area (Å²) in [6, 6.07) is 8.18. The van der Waals surface area contributed by atoms with Gasteiger partial charge in [-0.1, -0.05) is 24.3 Å². The maximum Gasteiger partial charge on any atom is 0.237 e. The van der Waals surface area contributed by atoms with Crippen LogP contribution < -0.4 is 5.32 Å². The van der Waals surface area contributed by atoms with Crippen LogP contribution in [0.1, 0.15) is 24.5 Å². The number of rotatable bonds is 9. The second kappa shape index (κ2) is 9.53. The number of hydrogen-bond donors (Lipinski definition) is 1.